The van der Waals surface area contributed by atoms with Crippen LogP contribution in [-0.2, 0) is 4.79 Å². The molecule has 4 heteroatoms. The molecule has 0 radical (unpaired) electrons. The topological polar surface area (TPSA) is 49.6 Å². The Balaban J connectivity index is 2.02. The molecule has 2 aliphatic rings. The second-order valence-electron chi connectivity index (χ2n) is 7.16. The van der Waals surface area contributed by atoms with Crippen LogP contribution >= 0.6 is 0 Å². The lowest BCUT2D eigenvalue weighted by Crippen LogP contribution is -2.55. The Labute approximate surface area is 123 Å². The van der Waals surface area contributed by atoms with Crippen molar-refractivity contribution in [3.8, 4) is 0 Å². The van der Waals surface area contributed by atoms with Gasteiger partial charge in [0.15, 0.2) is 0 Å². The predicted octanol–water partition coefficient (Wildman–Crippen LogP) is 1.55. The summed E-state index contributed by atoms with van der Waals surface area (Å²) in [6, 6.07) is 0.242. The molecule has 1 saturated carbocycles. The molecule has 1 amide bonds. The van der Waals surface area contributed by atoms with Crippen molar-refractivity contribution in [2.75, 3.05) is 32.7 Å². The van der Waals surface area contributed by atoms with Gasteiger partial charge in [0.2, 0.25) is 5.91 Å². The lowest BCUT2D eigenvalue weighted by atomic mass is 9.60. The summed E-state index contributed by atoms with van der Waals surface area (Å²) in [7, 11) is 0. The molecule has 0 aromatic carbocycles. The molecule has 2 rings (SSSR count). The first-order chi connectivity index (χ1) is 9.37. The van der Waals surface area contributed by atoms with Crippen molar-refractivity contribution in [2.45, 2.75) is 46.6 Å². The number of piperazine rings is 1. The standard InChI is InChI=1S/C16H31N3O/c1-5-18-8-10-19(11-9-18)15(20)13-6-7-14(17)12(2)16(13,3)4/h12-14H,5-11,17H2,1-4H3. The summed E-state index contributed by atoms with van der Waals surface area (Å²) in [6.07, 6.45) is 1.93. The lowest BCUT2D eigenvalue weighted by Gasteiger charge is -2.48. The zero-order valence-corrected chi connectivity index (χ0v) is 13.6. The van der Waals surface area contributed by atoms with Crippen LogP contribution < -0.4 is 5.73 Å². The summed E-state index contributed by atoms with van der Waals surface area (Å²) < 4.78 is 0. The van der Waals surface area contributed by atoms with E-state index in [2.05, 4.69) is 37.5 Å². The van der Waals surface area contributed by atoms with Gasteiger partial charge in [-0.15, -0.1) is 0 Å². The Morgan fingerprint density at radius 3 is 2.35 bits per heavy atom. The van der Waals surface area contributed by atoms with E-state index < -0.39 is 0 Å². The van der Waals surface area contributed by atoms with Crippen molar-refractivity contribution in [3.05, 3.63) is 0 Å². The largest absolute Gasteiger partial charge is 0.340 e. The van der Waals surface area contributed by atoms with Gasteiger partial charge < -0.3 is 15.5 Å². The van der Waals surface area contributed by atoms with Crippen molar-refractivity contribution in [1.29, 1.82) is 0 Å². The SMILES string of the molecule is CCN1CCN(C(=O)C2CCC(N)C(C)C2(C)C)CC1. The van der Waals surface area contributed by atoms with Crippen molar-refractivity contribution < 1.29 is 4.79 Å². The second kappa shape index (κ2) is 6.02. The van der Waals surface area contributed by atoms with Crippen LogP contribution in [-0.4, -0.2) is 54.5 Å². The van der Waals surface area contributed by atoms with Crippen molar-refractivity contribution in [1.82, 2.24) is 9.80 Å². The summed E-state index contributed by atoms with van der Waals surface area (Å²) in [4.78, 5) is 17.4. The summed E-state index contributed by atoms with van der Waals surface area (Å²) in [5.41, 5.74) is 6.21. The van der Waals surface area contributed by atoms with E-state index in [1.807, 2.05) is 0 Å². The highest BCUT2D eigenvalue weighted by atomic mass is 16.2. The minimum absolute atomic E-state index is 0.0106. The van der Waals surface area contributed by atoms with Crippen LogP contribution in [0.4, 0.5) is 0 Å². The van der Waals surface area contributed by atoms with E-state index in [9.17, 15) is 4.79 Å². The molecular weight excluding hydrogens is 250 g/mol. The summed E-state index contributed by atoms with van der Waals surface area (Å²) in [5, 5.41) is 0. The van der Waals surface area contributed by atoms with Gasteiger partial charge in [-0.05, 0) is 30.7 Å². The number of likely N-dealkylation sites (N-methyl/N-ethyl adjacent to an activating group) is 1. The van der Waals surface area contributed by atoms with Gasteiger partial charge in [-0.1, -0.05) is 27.7 Å². The number of rotatable bonds is 2. The number of carbonyl (C=O) groups is 1. The Hall–Kier alpha value is -0.610. The van der Waals surface area contributed by atoms with Gasteiger partial charge in [0.25, 0.3) is 0 Å². The molecule has 3 unspecified atom stereocenters. The molecule has 1 heterocycles. The van der Waals surface area contributed by atoms with Crippen LogP contribution in [0.15, 0.2) is 0 Å². The number of hydrogen-bond donors (Lipinski definition) is 1. The van der Waals surface area contributed by atoms with Gasteiger partial charge in [-0.2, -0.15) is 0 Å². The van der Waals surface area contributed by atoms with Gasteiger partial charge in [-0.25, -0.2) is 0 Å². The molecule has 0 aromatic heterocycles. The van der Waals surface area contributed by atoms with Crippen LogP contribution in [0, 0.1) is 17.3 Å². The van der Waals surface area contributed by atoms with Gasteiger partial charge in [0.1, 0.15) is 0 Å². The number of hydrogen-bond acceptors (Lipinski definition) is 3. The van der Waals surface area contributed by atoms with Crippen molar-refractivity contribution >= 4 is 5.91 Å². The molecule has 116 valence electrons. The lowest BCUT2D eigenvalue weighted by molar-refractivity contribution is -0.145. The average molecular weight is 281 g/mol. The summed E-state index contributed by atoms with van der Waals surface area (Å²) in [5.74, 6) is 0.914. The van der Waals surface area contributed by atoms with Crippen molar-refractivity contribution in [3.63, 3.8) is 0 Å². The van der Waals surface area contributed by atoms with Gasteiger partial charge >= 0.3 is 0 Å². The Morgan fingerprint density at radius 2 is 1.80 bits per heavy atom. The Morgan fingerprint density at radius 1 is 1.20 bits per heavy atom. The fraction of sp³-hybridized carbons (Fsp3) is 0.938. The molecule has 20 heavy (non-hydrogen) atoms. The third-order valence-corrected chi connectivity index (χ3v) is 5.93. The highest BCUT2D eigenvalue weighted by molar-refractivity contribution is 5.80. The van der Waals surface area contributed by atoms with E-state index in [4.69, 9.17) is 5.73 Å². The van der Waals surface area contributed by atoms with E-state index >= 15 is 0 Å². The van der Waals surface area contributed by atoms with E-state index in [-0.39, 0.29) is 17.4 Å². The fourth-order valence-corrected chi connectivity index (χ4v) is 3.80. The van der Waals surface area contributed by atoms with Gasteiger partial charge in [0.05, 0.1) is 0 Å². The first-order valence-corrected chi connectivity index (χ1v) is 8.14. The number of carbonyl (C=O) groups excluding carboxylic acids is 1. The van der Waals surface area contributed by atoms with Crippen molar-refractivity contribution in [2.24, 2.45) is 23.0 Å². The quantitative estimate of drug-likeness (QED) is 0.835. The molecule has 0 spiro atoms. The van der Waals surface area contributed by atoms with E-state index in [1.54, 1.807) is 0 Å². The Bertz CT molecular complexity index is 348. The van der Waals surface area contributed by atoms with Gasteiger partial charge in [-0.3, -0.25) is 4.79 Å². The molecule has 1 aliphatic heterocycles. The summed E-state index contributed by atoms with van der Waals surface area (Å²) in [6.45, 7) is 13.7. The number of nitrogens with two attached hydrogens (primary N) is 1. The van der Waals surface area contributed by atoms with E-state index in [1.165, 1.54) is 0 Å². The Kier molecular flexibility index (Phi) is 4.75. The van der Waals surface area contributed by atoms with Gasteiger partial charge in [0, 0.05) is 38.1 Å². The number of amides is 1. The molecule has 1 aliphatic carbocycles. The second-order valence-corrected chi connectivity index (χ2v) is 7.16. The van der Waals surface area contributed by atoms with Crippen LogP contribution in [0.1, 0.15) is 40.5 Å². The fourth-order valence-electron chi connectivity index (χ4n) is 3.80. The molecule has 0 bridgehead atoms. The summed E-state index contributed by atoms with van der Waals surface area (Å²) >= 11 is 0. The maximum atomic E-state index is 12.9. The van der Waals surface area contributed by atoms with Crippen LogP contribution in [0.3, 0.4) is 0 Å². The highest BCUT2D eigenvalue weighted by Gasteiger charge is 2.46. The highest BCUT2D eigenvalue weighted by Crippen LogP contribution is 2.45. The van der Waals surface area contributed by atoms with Crippen LogP contribution in [0.5, 0.6) is 0 Å². The van der Waals surface area contributed by atoms with E-state index in [0.717, 1.165) is 45.6 Å². The molecule has 3 atom stereocenters. The molecule has 2 fully saturated rings. The predicted molar refractivity (Wildman–Crippen MR) is 82.3 cm³/mol. The average Bonchev–Trinajstić information content (AvgIpc) is 2.44. The first kappa shape index (κ1) is 15.8. The molecule has 1 saturated heterocycles. The molecule has 2 N–H and O–H groups in total. The number of nitrogens with zero attached hydrogens (tertiary/aromatic N) is 2. The minimum atomic E-state index is 0.0106. The van der Waals surface area contributed by atoms with E-state index in [0.29, 0.717) is 11.8 Å². The monoisotopic (exact) mass is 281 g/mol. The van der Waals surface area contributed by atoms with Crippen LogP contribution in [0.2, 0.25) is 0 Å². The molecule has 4 nitrogen and oxygen atoms in total. The maximum Gasteiger partial charge on any atom is 0.226 e. The molecular formula is C16H31N3O. The zero-order valence-electron chi connectivity index (χ0n) is 13.6. The third-order valence-electron chi connectivity index (χ3n) is 5.93. The smallest absolute Gasteiger partial charge is 0.226 e. The van der Waals surface area contributed by atoms with Crippen LogP contribution in [0.25, 0.3) is 0 Å². The minimum Gasteiger partial charge on any atom is -0.340 e. The first-order valence-electron chi connectivity index (χ1n) is 8.14. The normalized spacial score (nSPS) is 35.0. The zero-order chi connectivity index (χ0) is 14.9. The molecule has 0 aromatic rings. The maximum absolute atomic E-state index is 12.9. The third kappa shape index (κ3) is 2.86.